The monoisotopic (exact) mass is 409 g/mol. The number of piperazine rings is 1. The molecule has 0 saturated carbocycles. The number of non-ortho nitro benzene ring substituents is 1. The van der Waals surface area contributed by atoms with E-state index < -0.39 is 4.92 Å². The third-order valence-corrected chi connectivity index (χ3v) is 5.06. The Labute approximate surface area is 174 Å². The van der Waals surface area contributed by atoms with Gasteiger partial charge in [0.2, 0.25) is 5.91 Å². The quantitative estimate of drug-likeness (QED) is 0.430. The number of nitro benzene ring substituents is 1. The summed E-state index contributed by atoms with van der Waals surface area (Å²) in [7, 11) is 1.57. The number of benzene rings is 2. The number of carbonyl (C=O) groups is 2. The van der Waals surface area contributed by atoms with Crippen LogP contribution in [-0.4, -0.2) is 59.8 Å². The van der Waals surface area contributed by atoms with Gasteiger partial charge >= 0.3 is 0 Å². The minimum Gasteiger partial charge on any atom is -0.496 e. The van der Waals surface area contributed by atoms with Crippen molar-refractivity contribution < 1.29 is 19.2 Å². The van der Waals surface area contributed by atoms with Gasteiger partial charge in [-0.05, 0) is 48.4 Å². The fourth-order valence-electron chi connectivity index (χ4n) is 3.25. The molecular formula is C22H23N3O5. The zero-order chi connectivity index (χ0) is 21.7. The molecule has 2 aromatic carbocycles. The summed E-state index contributed by atoms with van der Waals surface area (Å²) < 4.78 is 5.29. The minimum absolute atomic E-state index is 0.00506. The highest BCUT2D eigenvalue weighted by Crippen LogP contribution is 2.20. The summed E-state index contributed by atoms with van der Waals surface area (Å²) in [5.74, 6) is 0.435. The van der Waals surface area contributed by atoms with Crippen molar-refractivity contribution in [3.63, 3.8) is 0 Å². The van der Waals surface area contributed by atoms with Crippen LogP contribution in [0, 0.1) is 17.0 Å². The molecule has 2 aromatic rings. The summed E-state index contributed by atoms with van der Waals surface area (Å²) >= 11 is 0. The van der Waals surface area contributed by atoms with Gasteiger partial charge in [-0.15, -0.1) is 0 Å². The molecular weight excluding hydrogens is 386 g/mol. The molecule has 0 N–H and O–H groups in total. The minimum atomic E-state index is -0.466. The molecule has 2 amide bonds. The molecule has 1 aliphatic rings. The second-order valence-corrected chi connectivity index (χ2v) is 6.98. The summed E-state index contributed by atoms with van der Waals surface area (Å²) in [6, 6.07) is 11.4. The van der Waals surface area contributed by atoms with Gasteiger partial charge in [0.15, 0.2) is 0 Å². The van der Waals surface area contributed by atoms with Gasteiger partial charge in [-0.2, -0.15) is 0 Å². The Morgan fingerprint density at radius 3 is 2.27 bits per heavy atom. The molecule has 30 heavy (non-hydrogen) atoms. The second-order valence-electron chi connectivity index (χ2n) is 6.98. The average molecular weight is 409 g/mol. The van der Waals surface area contributed by atoms with E-state index >= 15 is 0 Å². The highest BCUT2D eigenvalue weighted by molar-refractivity contribution is 5.95. The molecule has 156 valence electrons. The van der Waals surface area contributed by atoms with E-state index in [1.54, 1.807) is 47.3 Å². The average Bonchev–Trinajstić information content (AvgIpc) is 2.77. The number of carbonyl (C=O) groups excluding carboxylic acids is 2. The van der Waals surface area contributed by atoms with Crippen LogP contribution in [0.5, 0.6) is 5.75 Å². The Bertz CT molecular complexity index is 977. The van der Waals surface area contributed by atoms with Crippen LogP contribution in [0.25, 0.3) is 6.08 Å². The third kappa shape index (κ3) is 4.83. The summed E-state index contributed by atoms with van der Waals surface area (Å²) in [6.45, 7) is 3.70. The molecule has 0 spiro atoms. The van der Waals surface area contributed by atoms with Gasteiger partial charge in [-0.3, -0.25) is 19.7 Å². The maximum Gasteiger partial charge on any atom is 0.269 e. The number of nitrogens with zero attached hydrogens (tertiary/aromatic N) is 3. The van der Waals surface area contributed by atoms with Gasteiger partial charge in [0.05, 0.1) is 12.0 Å². The zero-order valence-corrected chi connectivity index (χ0v) is 16.9. The van der Waals surface area contributed by atoms with E-state index in [1.165, 1.54) is 18.2 Å². The molecule has 1 saturated heterocycles. The van der Waals surface area contributed by atoms with Gasteiger partial charge in [0.1, 0.15) is 5.75 Å². The van der Waals surface area contributed by atoms with Crippen LogP contribution in [0.15, 0.2) is 48.5 Å². The van der Waals surface area contributed by atoms with Crippen LogP contribution in [0.2, 0.25) is 0 Å². The fraction of sp³-hybridized carbons (Fsp3) is 0.273. The van der Waals surface area contributed by atoms with E-state index in [0.29, 0.717) is 43.1 Å². The van der Waals surface area contributed by atoms with E-state index in [2.05, 4.69) is 0 Å². The van der Waals surface area contributed by atoms with Crippen molar-refractivity contribution in [2.45, 2.75) is 6.92 Å². The first kappa shape index (κ1) is 21.0. The Hall–Kier alpha value is -3.68. The molecule has 0 atom stereocenters. The molecule has 0 aliphatic carbocycles. The van der Waals surface area contributed by atoms with E-state index in [4.69, 9.17) is 4.74 Å². The van der Waals surface area contributed by atoms with E-state index in [-0.39, 0.29) is 17.5 Å². The lowest BCUT2D eigenvalue weighted by Crippen LogP contribution is -2.50. The van der Waals surface area contributed by atoms with Gasteiger partial charge in [0.25, 0.3) is 11.6 Å². The molecule has 0 aromatic heterocycles. The number of methoxy groups -OCH3 is 1. The lowest BCUT2D eigenvalue weighted by atomic mass is 10.1. The number of hydrogen-bond acceptors (Lipinski definition) is 5. The predicted octanol–water partition coefficient (Wildman–Crippen LogP) is 2.91. The summed E-state index contributed by atoms with van der Waals surface area (Å²) in [5, 5.41) is 10.7. The Kier molecular flexibility index (Phi) is 6.46. The first-order valence-corrected chi connectivity index (χ1v) is 9.54. The number of rotatable bonds is 5. The van der Waals surface area contributed by atoms with Crippen molar-refractivity contribution in [1.82, 2.24) is 9.80 Å². The highest BCUT2D eigenvalue weighted by atomic mass is 16.6. The van der Waals surface area contributed by atoms with E-state index in [9.17, 15) is 19.7 Å². The van der Waals surface area contributed by atoms with Crippen molar-refractivity contribution in [2.75, 3.05) is 33.3 Å². The van der Waals surface area contributed by atoms with Crippen molar-refractivity contribution in [1.29, 1.82) is 0 Å². The van der Waals surface area contributed by atoms with Crippen LogP contribution in [0.3, 0.4) is 0 Å². The Balaban J connectivity index is 1.56. The van der Waals surface area contributed by atoms with Crippen molar-refractivity contribution in [3.05, 3.63) is 75.3 Å². The largest absolute Gasteiger partial charge is 0.496 e. The smallest absolute Gasteiger partial charge is 0.269 e. The first-order chi connectivity index (χ1) is 14.4. The molecule has 1 fully saturated rings. The number of aryl methyl sites for hydroxylation is 1. The summed E-state index contributed by atoms with van der Waals surface area (Å²) in [6.07, 6.45) is 3.08. The van der Waals surface area contributed by atoms with Crippen molar-refractivity contribution >= 4 is 23.6 Å². The normalized spacial score (nSPS) is 14.1. The second kappa shape index (κ2) is 9.21. The van der Waals surface area contributed by atoms with Gasteiger partial charge < -0.3 is 14.5 Å². The molecule has 8 nitrogen and oxygen atoms in total. The highest BCUT2D eigenvalue weighted by Gasteiger charge is 2.24. The molecule has 1 aliphatic heterocycles. The number of hydrogen-bond donors (Lipinski definition) is 0. The predicted molar refractivity (Wildman–Crippen MR) is 112 cm³/mol. The van der Waals surface area contributed by atoms with Crippen LogP contribution in [0.4, 0.5) is 5.69 Å². The van der Waals surface area contributed by atoms with Gasteiger partial charge in [-0.1, -0.05) is 6.07 Å². The molecule has 1 heterocycles. The molecule has 0 unspecified atom stereocenters. The van der Waals surface area contributed by atoms with Crippen molar-refractivity contribution in [3.8, 4) is 5.75 Å². The van der Waals surface area contributed by atoms with Gasteiger partial charge in [0, 0.05) is 50.0 Å². The fourth-order valence-corrected chi connectivity index (χ4v) is 3.25. The molecule has 8 heteroatoms. The summed E-state index contributed by atoms with van der Waals surface area (Å²) in [5.41, 5.74) is 2.24. The Morgan fingerprint density at radius 1 is 1.03 bits per heavy atom. The summed E-state index contributed by atoms with van der Waals surface area (Å²) in [4.78, 5) is 38.8. The van der Waals surface area contributed by atoms with Crippen LogP contribution in [-0.2, 0) is 4.79 Å². The van der Waals surface area contributed by atoms with Crippen LogP contribution >= 0.6 is 0 Å². The Morgan fingerprint density at radius 2 is 1.67 bits per heavy atom. The molecule has 3 rings (SSSR count). The zero-order valence-electron chi connectivity index (χ0n) is 16.9. The van der Waals surface area contributed by atoms with Crippen LogP contribution < -0.4 is 4.74 Å². The SMILES string of the molecule is COc1cc(C(=O)N2CCN(C(=O)/C=C/c3ccc([N+](=O)[O-])cc3)CC2)ccc1C. The lowest BCUT2D eigenvalue weighted by Gasteiger charge is -2.34. The van der Waals surface area contributed by atoms with Gasteiger partial charge in [-0.25, -0.2) is 0 Å². The maximum absolute atomic E-state index is 12.7. The number of ether oxygens (including phenoxy) is 1. The van der Waals surface area contributed by atoms with Crippen molar-refractivity contribution in [2.24, 2.45) is 0 Å². The standard InChI is InChI=1S/C22H23N3O5/c1-16-3-7-18(15-20(16)30-2)22(27)24-13-11-23(12-14-24)21(26)10-6-17-4-8-19(9-5-17)25(28)29/h3-10,15H,11-14H2,1-2H3/b10-6+. The number of amides is 2. The van der Waals surface area contributed by atoms with E-state index in [1.807, 2.05) is 13.0 Å². The molecule has 0 bridgehead atoms. The maximum atomic E-state index is 12.7. The third-order valence-electron chi connectivity index (χ3n) is 5.06. The van der Waals surface area contributed by atoms with E-state index in [0.717, 1.165) is 5.56 Å². The topological polar surface area (TPSA) is 93.0 Å². The van der Waals surface area contributed by atoms with Crippen LogP contribution in [0.1, 0.15) is 21.5 Å². The molecule has 0 radical (unpaired) electrons. The number of nitro groups is 1. The first-order valence-electron chi connectivity index (χ1n) is 9.54. The lowest BCUT2D eigenvalue weighted by molar-refractivity contribution is -0.384.